The van der Waals surface area contributed by atoms with Crippen molar-refractivity contribution < 1.29 is 14.4 Å². The van der Waals surface area contributed by atoms with E-state index in [-0.39, 0.29) is 29.2 Å². The van der Waals surface area contributed by atoms with E-state index in [1.165, 1.54) is 35.0 Å². The number of carbonyl (C=O) groups excluding carboxylic acids is 3. The average Bonchev–Trinajstić information content (AvgIpc) is 2.60. The molecule has 2 aromatic rings. The molecule has 1 heterocycles. The van der Waals surface area contributed by atoms with Crippen LogP contribution in [-0.4, -0.2) is 28.8 Å². The summed E-state index contributed by atoms with van der Waals surface area (Å²) in [6.45, 7) is -0.643. The van der Waals surface area contributed by atoms with Gasteiger partial charge in [0.25, 0.3) is 23.3 Å². The summed E-state index contributed by atoms with van der Waals surface area (Å²) < 4.78 is 1.17. The Morgan fingerprint density at radius 3 is 2.42 bits per heavy atom. The maximum atomic E-state index is 12.0. The summed E-state index contributed by atoms with van der Waals surface area (Å²) in [7, 11) is 0. The minimum atomic E-state index is -0.655. The fourth-order valence-corrected chi connectivity index (χ4v) is 2.39. The summed E-state index contributed by atoms with van der Waals surface area (Å²) in [5.74, 6) is -1.82. The van der Waals surface area contributed by atoms with E-state index in [1.807, 2.05) is 0 Å². The Labute approximate surface area is 158 Å². The van der Waals surface area contributed by atoms with Crippen molar-refractivity contribution >= 4 is 40.9 Å². The minimum Gasteiger partial charge on any atom is -0.343 e. The van der Waals surface area contributed by atoms with Gasteiger partial charge in [-0.25, -0.2) is 0 Å². The van der Waals surface area contributed by atoms with Crippen molar-refractivity contribution in [3.05, 3.63) is 68.6 Å². The first kappa shape index (κ1) is 19.5. The molecule has 0 unspecified atom stereocenters. The summed E-state index contributed by atoms with van der Waals surface area (Å²) in [5.41, 5.74) is 4.09. The highest BCUT2D eigenvalue weighted by Crippen LogP contribution is 2.20. The molecule has 1 aromatic heterocycles. The summed E-state index contributed by atoms with van der Waals surface area (Å²) in [5, 5.41) is 2.89. The number of pyridine rings is 1. The van der Waals surface area contributed by atoms with Gasteiger partial charge < -0.3 is 9.88 Å². The van der Waals surface area contributed by atoms with Gasteiger partial charge in [0.2, 0.25) is 0 Å². The van der Waals surface area contributed by atoms with E-state index < -0.39 is 17.7 Å². The van der Waals surface area contributed by atoms with E-state index in [9.17, 15) is 19.2 Å². The van der Waals surface area contributed by atoms with Crippen molar-refractivity contribution in [2.24, 2.45) is 0 Å². The van der Waals surface area contributed by atoms with E-state index >= 15 is 0 Å². The van der Waals surface area contributed by atoms with Crippen LogP contribution < -0.4 is 21.7 Å². The number of halogens is 2. The van der Waals surface area contributed by atoms with Gasteiger partial charge in [-0.15, -0.1) is 0 Å². The summed E-state index contributed by atoms with van der Waals surface area (Å²) in [6, 6.07) is 8.79. The average molecular weight is 397 g/mol. The molecule has 26 heavy (non-hydrogen) atoms. The molecular weight excluding hydrogens is 383 g/mol. The lowest BCUT2D eigenvalue weighted by molar-refractivity contribution is -0.128. The first-order valence-electron chi connectivity index (χ1n) is 7.33. The fraction of sp³-hybridized carbons (Fsp3) is 0.125. The van der Waals surface area contributed by atoms with Crippen molar-refractivity contribution in [1.82, 2.24) is 20.7 Å². The zero-order chi connectivity index (χ0) is 19.1. The lowest BCUT2D eigenvalue weighted by Crippen LogP contribution is -2.47. The Morgan fingerprint density at radius 2 is 1.73 bits per heavy atom. The van der Waals surface area contributed by atoms with Crippen molar-refractivity contribution in [3.8, 4) is 0 Å². The minimum absolute atomic E-state index is 0.150. The van der Waals surface area contributed by atoms with Crippen LogP contribution in [-0.2, 0) is 16.1 Å². The molecule has 0 spiro atoms. The third kappa shape index (κ3) is 5.61. The van der Waals surface area contributed by atoms with Crippen LogP contribution in [0.15, 0.2) is 47.4 Å². The van der Waals surface area contributed by atoms with Gasteiger partial charge >= 0.3 is 0 Å². The highest BCUT2D eigenvalue weighted by Gasteiger charge is 2.12. The molecule has 0 saturated carbocycles. The lowest BCUT2D eigenvalue weighted by atomic mass is 10.2. The van der Waals surface area contributed by atoms with Crippen LogP contribution in [0.2, 0.25) is 10.0 Å². The van der Waals surface area contributed by atoms with Crippen molar-refractivity contribution in [2.45, 2.75) is 6.54 Å². The number of benzene rings is 1. The molecule has 0 aliphatic heterocycles. The molecule has 8 nitrogen and oxygen atoms in total. The maximum Gasteiger partial charge on any atom is 0.258 e. The Bertz CT molecular complexity index is 898. The smallest absolute Gasteiger partial charge is 0.258 e. The predicted octanol–water partition coefficient (Wildman–Crippen LogP) is 0.733. The van der Waals surface area contributed by atoms with Crippen LogP contribution in [0, 0.1) is 0 Å². The van der Waals surface area contributed by atoms with Crippen LogP contribution in [0.5, 0.6) is 0 Å². The quantitative estimate of drug-likeness (QED) is 0.647. The summed E-state index contributed by atoms with van der Waals surface area (Å²) >= 11 is 11.6. The number of hydrogen-bond acceptors (Lipinski definition) is 4. The van der Waals surface area contributed by atoms with Crippen LogP contribution in [0.1, 0.15) is 10.4 Å². The lowest BCUT2D eigenvalue weighted by Gasteiger charge is -2.10. The number of rotatable bonds is 5. The van der Waals surface area contributed by atoms with Gasteiger partial charge in [0.15, 0.2) is 0 Å². The largest absolute Gasteiger partial charge is 0.343 e. The second kappa shape index (κ2) is 9.02. The molecule has 136 valence electrons. The first-order chi connectivity index (χ1) is 12.4. The molecule has 0 saturated heterocycles. The topological polar surface area (TPSA) is 109 Å². The first-order valence-corrected chi connectivity index (χ1v) is 8.09. The molecule has 0 atom stereocenters. The zero-order valence-electron chi connectivity index (χ0n) is 13.3. The van der Waals surface area contributed by atoms with Gasteiger partial charge in [-0.1, -0.05) is 29.3 Å². The zero-order valence-corrected chi connectivity index (χ0v) is 14.8. The highest BCUT2D eigenvalue weighted by atomic mass is 35.5. The Hall–Kier alpha value is -2.84. The van der Waals surface area contributed by atoms with Crippen LogP contribution in [0.3, 0.4) is 0 Å². The number of aromatic nitrogens is 1. The van der Waals surface area contributed by atoms with Gasteiger partial charge in [-0.05, 0) is 24.3 Å². The molecule has 10 heteroatoms. The second-order valence-electron chi connectivity index (χ2n) is 5.07. The van der Waals surface area contributed by atoms with E-state index in [0.29, 0.717) is 5.02 Å². The van der Waals surface area contributed by atoms with E-state index in [4.69, 9.17) is 23.2 Å². The second-order valence-corrected chi connectivity index (χ2v) is 5.91. The molecule has 0 aliphatic carbocycles. The molecule has 1 aromatic carbocycles. The van der Waals surface area contributed by atoms with Gasteiger partial charge in [-0.2, -0.15) is 0 Å². The number of carbonyl (C=O) groups is 3. The standard InChI is InChI=1S/C16H14Cl2N4O4/c17-10-4-5-11(12(18)7-10)16(26)19-8-13(23)20-21-14(24)9-22-6-2-1-3-15(22)25/h1-7H,8-9H2,(H,19,26)(H,20,23)(H,21,24). The molecule has 0 fully saturated rings. The number of hydrazine groups is 1. The molecular formula is C16H14Cl2N4O4. The van der Waals surface area contributed by atoms with E-state index in [1.54, 1.807) is 12.1 Å². The van der Waals surface area contributed by atoms with Crippen molar-refractivity contribution in [1.29, 1.82) is 0 Å². The molecule has 0 bridgehead atoms. The summed E-state index contributed by atoms with van der Waals surface area (Å²) in [6.07, 6.45) is 1.44. The Morgan fingerprint density at radius 1 is 1.00 bits per heavy atom. The highest BCUT2D eigenvalue weighted by molar-refractivity contribution is 6.36. The van der Waals surface area contributed by atoms with Crippen molar-refractivity contribution in [2.75, 3.05) is 6.54 Å². The molecule has 0 radical (unpaired) electrons. The normalized spacial score (nSPS) is 10.1. The predicted molar refractivity (Wildman–Crippen MR) is 95.8 cm³/mol. The van der Waals surface area contributed by atoms with E-state index in [2.05, 4.69) is 16.2 Å². The Kier molecular flexibility index (Phi) is 6.76. The SMILES string of the molecule is O=C(CNC(=O)c1ccc(Cl)cc1Cl)NNC(=O)Cn1ccccc1=O. The Balaban J connectivity index is 1.78. The maximum absolute atomic E-state index is 12.0. The number of nitrogens with zero attached hydrogens (tertiary/aromatic N) is 1. The third-order valence-electron chi connectivity index (χ3n) is 3.14. The molecule has 3 N–H and O–H groups in total. The monoisotopic (exact) mass is 396 g/mol. The van der Waals surface area contributed by atoms with Gasteiger partial charge in [0, 0.05) is 17.3 Å². The van der Waals surface area contributed by atoms with Gasteiger partial charge in [0.05, 0.1) is 17.1 Å². The van der Waals surface area contributed by atoms with Crippen LogP contribution in [0.4, 0.5) is 0 Å². The molecule has 0 aliphatic rings. The van der Waals surface area contributed by atoms with E-state index in [0.717, 1.165) is 0 Å². The fourth-order valence-electron chi connectivity index (χ4n) is 1.90. The molecule has 3 amide bonds. The number of nitrogens with one attached hydrogen (secondary N) is 3. The molecule has 2 rings (SSSR count). The number of hydrogen-bond donors (Lipinski definition) is 3. The van der Waals surface area contributed by atoms with Gasteiger partial charge in [-0.3, -0.25) is 30.0 Å². The van der Waals surface area contributed by atoms with Crippen LogP contribution in [0.25, 0.3) is 0 Å². The summed E-state index contributed by atoms with van der Waals surface area (Å²) in [4.78, 5) is 46.8. The number of amides is 3. The third-order valence-corrected chi connectivity index (χ3v) is 3.69. The van der Waals surface area contributed by atoms with Gasteiger partial charge in [0.1, 0.15) is 6.54 Å². The van der Waals surface area contributed by atoms with Crippen molar-refractivity contribution in [3.63, 3.8) is 0 Å². The van der Waals surface area contributed by atoms with Crippen LogP contribution >= 0.6 is 23.2 Å².